The fourth-order valence-corrected chi connectivity index (χ4v) is 3.69. The van der Waals surface area contributed by atoms with Crippen molar-refractivity contribution < 1.29 is 22.6 Å². The van der Waals surface area contributed by atoms with Gasteiger partial charge in [-0.15, -0.1) is 6.42 Å². The number of benzene rings is 3. The first kappa shape index (κ1) is 24.8. The van der Waals surface area contributed by atoms with E-state index >= 15 is 0 Å². The van der Waals surface area contributed by atoms with Gasteiger partial charge in [-0.2, -0.15) is 22.9 Å². The Morgan fingerprint density at radius 3 is 2.67 bits per heavy atom. The van der Waals surface area contributed by atoms with Crippen molar-refractivity contribution in [2.75, 3.05) is 13.7 Å². The normalized spacial score (nSPS) is 11.6. The highest BCUT2D eigenvalue weighted by Crippen LogP contribution is 2.34. The van der Waals surface area contributed by atoms with E-state index in [1.165, 1.54) is 37.6 Å². The molecule has 4 aromatic rings. The number of rotatable bonds is 6. The summed E-state index contributed by atoms with van der Waals surface area (Å²) in [6.07, 6.45) is 1.99. The second-order valence-corrected chi connectivity index (χ2v) is 7.85. The number of aromatic nitrogens is 2. The highest BCUT2D eigenvalue weighted by atomic mass is 35.5. The fraction of sp³-hybridized carbons (Fsp3) is 0.115. The van der Waals surface area contributed by atoms with Crippen LogP contribution in [0.15, 0.2) is 70.6 Å². The number of methoxy groups -OCH3 is 1. The van der Waals surface area contributed by atoms with Gasteiger partial charge in [0.05, 0.1) is 29.8 Å². The van der Waals surface area contributed by atoms with Gasteiger partial charge in [0, 0.05) is 22.2 Å². The van der Waals surface area contributed by atoms with Gasteiger partial charge in [-0.25, -0.2) is 4.98 Å². The van der Waals surface area contributed by atoms with Crippen molar-refractivity contribution in [2.24, 2.45) is 5.10 Å². The van der Waals surface area contributed by atoms with Crippen LogP contribution in [0.25, 0.3) is 22.3 Å². The third-order valence-corrected chi connectivity index (χ3v) is 5.30. The van der Waals surface area contributed by atoms with Crippen LogP contribution in [0, 0.1) is 12.3 Å². The molecule has 4 rings (SSSR count). The van der Waals surface area contributed by atoms with Crippen LogP contribution in [-0.4, -0.2) is 29.6 Å². The molecule has 0 spiro atoms. The molecule has 0 fully saturated rings. The molecule has 0 aliphatic carbocycles. The summed E-state index contributed by atoms with van der Waals surface area (Å²) in [6, 6.07) is 14.0. The smallest absolute Gasteiger partial charge is 0.416 e. The summed E-state index contributed by atoms with van der Waals surface area (Å²) in [5.74, 6) is 2.77. The van der Waals surface area contributed by atoms with Crippen molar-refractivity contribution in [1.82, 2.24) is 9.66 Å². The van der Waals surface area contributed by atoms with E-state index < -0.39 is 17.3 Å². The Kier molecular flexibility index (Phi) is 6.99. The maximum absolute atomic E-state index is 13.4. The van der Waals surface area contributed by atoms with Crippen LogP contribution >= 0.6 is 11.6 Å². The van der Waals surface area contributed by atoms with E-state index in [4.69, 9.17) is 27.5 Å². The van der Waals surface area contributed by atoms with Crippen LogP contribution < -0.4 is 15.0 Å². The van der Waals surface area contributed by atoms with Crippen LogP contribution in [-0.2, 0) is 6.18 Å². The fourth-order valence-electron chi connectivity index (χ4n) is 3.48. The van der Waals surface area contributed by atoms with Crippen molar-refractivity contribution in [3.8, 4) is 35.2 Å². The molecule has 182 valence electrons. The zero-order valence-corrected chi connectivity index (χ0v) is 19.5. The maximum atomic E-state index is 13.4. The number of hydrogen-bond acceptors (Lipinski definition) is 5. The summed E-state index contributed by atoms with van der Waals surface area (Å²) < 4.78 is 51.9. The van der Waals surface area contributed by atoms with Gasteiger partial charge < -0.3 is 9.47 Å². The van der Waals surface area contributed by atoms with Crippen molar-refractivity contribution in [1.29, 1.82) is 0 Å². The molecule has 0 bridgehead atoms. The minimum Gasteiger partial charge on any atom is -0.493 e. The first-order valence-corrected chi connectivity index (χ1v) is 10.8. The van der Waals surface area contributed by atoms with Gasteiger partial charge in [0.25, 0.3) is 5.56 Å². The molecule has 0 aliphatic heterocycles. The molecule has 36 heavy (non-hydrogen) atoms. The molecule has 0 saturated carbocycles. The number of halogens is 4. The Hall–Kier alpha value is -4.29. The Morgan fingerprint density at radius 1 is 1.17 bits per heavy atom. The Morgan fingerprint density at radius 2 is 1.94 bits per heavy atom. The largest absolute Gasteiger partial charge is 0.493 e. The van der Waals surface area contributed by atoms with E-state index in [1.807, 2.05) is 0 Å². The Balaban J connectivity index is 1.94. The predicted molar refractivity (Wildman–Crippen MR) is 132 cm³/mol. The average molecular weight is 512 g/mol. The van der Waals surface area contributed by atoms with Crippen molar-refractivity contribution in [2.45, 2.75) is 6.18 Å². The third-order valence-electron chi connectivity index (χ3n) is 5.08. The number of hydrogen-bond donors (Lipinski definition) is 0. The molecular formula is C26H17ClF3N3O3. The summed E-state index contributed by atoms with van der Waals surface area (Å²) in [7, 11) is 1.42. The highest BCUT2D eigenvalue weighted by Gasteiger charge is 2.31. The van der Waals surface area contributed by atoms with Gasteiger partial charge in [0.15, 0.2) is 17.3 Å². The van der Waals surface area contributed by atoms with Crippen LogP contribution in [0.2, 0.25) is 5.02 Å². The SMILES string of the molecule is C#CCOc1c(C=Nn2c(-c3cccc(C(F)(F)F)c3)nc3ccccc3c2=O)cc(Cl)cc1OC. The first-order chi connectivity index (χ1) is 17.2. The topological polar surface area (TPSA) is 65.7 Å². The molecule has 0 amide bonds. The van der Waals surface area contributed by atoms with E-state index in [1.54, 1.807) is 24.3 Å². The lowest BCUT2D eigenvalue weighted by Crippen LogP contribution is -2.20. The molecule has 0 atom stereocenters. The van der Waals surface area contributed by atoms with Gasteiger partial charge in [0.2, 0.25) is 0 Å². The molecule has 10 heteroatoms. The Bertz CT molecular complexity index is 1570. The molecular weight excluding hydrogens is 495 g/mol. The van der Waals surface area contributed by atoms with Crippen LogP contribution in [0.3, 0.4) is 0 Å². The van der Waals surface area contributed by atoms with Gasteiger partial charge in [-0.05, 0) is 30.3 Å². The molecule has 0 unspecified atom stereocenters. The van der Waals surface area contributed by atoms with Crippen molar-refractivity contribution in [3.63, 3.8) is 0 Å². The molecule has 0 saturated heterocycles. The summed E-state index contributed by atoms with van der Waals surface area (Å²) >= 11 is 6.19. The molecule has 0 N–H and O–H groups in total. The molecule has 1 heterocycles. The molecule has 1 aromatic heterocycles. The van der Waals surface area contributed by atoms with Gasteiger partial charge >= 0.3 is 6.18 Å². The average Bonchev–Trinajstić information content (AvgIpc) is 2.86. The van der Waals surface area contributed by atoms with Crippen LogP contribution in [0.4, 0.5) is 13.2 Å². The maximum Gasteiger partial charge on any atom is 0.416 e. The van der Waals surface area contributed by atoms with E-state index in [-0.39, 0.29) is 34.9 Å². The zero-order valence-electron chi connectivity index (χ0n) is 18.7. The first-order valence-electron chi connectivity index (χ1n) is 10.4. The predicted octanol–water partition coefficient (Wildman–Crippen LogP) is 5.64. The van der Waals surface area contributed by atoms with E-state index in [2.05, 4.69) is 16.0 Å². The second kappa shape index (κ2) is 10.1. The van der Waals surface area contributed by atoms with Crippen molar-refractivity contribution >= 4 is 28.7 Å². The summed E-state index contributed by atoms with van der Waals surface area (Å²) in [4.78, 5) is 17.8. The minimum absolute atomic E-state index is 0.0531. The van der Waals surface area contributed by atoms with Gasteiger partial charge in [-0.3, -0.25) is 4.79 Å². The lowest BCUT2D eigenvalue weighted by atomic mass is 10.1. The highest BCUT2D eigenvalue weighted by molar-refractivity contribution is 6.31. The molecule has 0 aliphatic rings. The van der Waals surface area contributed by atoms with Crippen molar-refractivity contribution in [3.05, 3.63) is 87.2 Å². The monoisotopic (exact) mass is 511 g/mol. The Labute approximate surface area is 208 Å². The van der Waals surface area contributed by atoms with E-state index in [0.717, 1.165) is 16.8 Å². The second-order valence-electron chi connectivity index (χ2n) is 7.41. The summed E-state index contributed by atoms with van der Waals surface area (Å²) in [5.41, 5.74) is -0.780. The molecule has 6 nitrogen and oxygen atoms in total. The lowest BCUT2D eigenvalue weighted by molar-refractivity contribution is -0.137. The van der Waals surface area contributed by atoms with E-state index in [9.17, 15) is 18.0 Å². The summed E-state index contributed by atoms with van der Waals surface area (Å²) in [5, 5.41) is 4.80. The molecule has 3 aromatic carbocycles. The number of ether oxygens (including phenoxy) is 2. The van der Waals surface area contributed by atoms with Crippen LogP contribution in [0.1, 0.15) is 11.1 Å². The molecule has 0 radical (unpaired) electrons. The minimum atomic E-state index is -4.58. The zero-order chi connectivity index (χ0) is 25.9. The van der Waals surface area contributed by atoms with Crippen LogP contribution in [0.5, 0.6) is 11.5 Å². The van der Waals surface area contributed by atoms with E-state index in [0.29, 0.717) is 16.1 Å². The lowest BCUT2D eigenvalue weighted by Gasteiger charge is -2.13. The standard InChI is InChI=1S/C26H17ClF3N3O3/c1-3-11-36-23-17(13-19(27)14-22(23)35-2)15-31-33-24(16-7-6-8-18(12-16)26(28,29)30)32-21-10-5-4-9-20(21)25(33)34/h1,4-10,12-15H,11H2,2H3. The third kappa shape index (κ3) is 5.04. The summed E-state index contributed by atoms with van der Waals surface area (Å²) in [6.45, 7) is -0.0776. The number of terminal acetylenes is 1. The number of nitrogens with zero attached hydrogens (tertiary/aromatic N) is 3. The number of fused-ring (bicyclic) bond motifs is 1. The number of alkyl halides is 3. The van der Waals surface area contributed by atoms with Gasteiger partial charge in [0.1, 0.15) is 6.61 Å². The number of para-hydroxylation sites is 1. The quantitative estimate of drug-likeness (QED) is 0.248. The van der Waals surface area contributed by atoms with Gasteiger partial charge in [-0.1, -0.05) is 41.8 Å².